The Morgan fingerprint density at radius 3 is 2.56 bits per heavy atom. The van der Waals surface area contributed by atoms with Crippen LogP contribution in [-0.4, -0.2) is 37.0 Å². The van der Waals surface area contributed by atoms with Crippen molar-refractivity contribution in [2.24, 2.45) is 5.92 Å². The number of anilines is 1. The van der Waals surface area contributed by atoms with Crippen LogP contribution in [0.1, 0.15) is 23.4 Å². The van der Waals surface area contributed by atoms with Gasteiger partial charge >= 0.3 is 5.97 Å². The second-order valence-electron chi connectivity index (χ2n) is 4.29. The van der Waals surface area contributed by atoms with Gasteiger partial charge in [-0.05, 0) is 18.9 Å². The summed E-state index contributed by atoms with van der Waals surface area (Å²) in [6.07, 6.45) is 1.24. The van der Waals surface area contributed by atoms with E-state index in [4.69, 9.17) is 14.9 Å². The van der Waals surface area contributed by atoms with E-state index >= 15 is 0 Å². The van der Waals surface area contributed by atoms with Gasteiger partial charge in [0.05, 0.1) is 13.0 Å². The zero-order chi connectivity index (χ0) is 13.1. The van der Waals surface area contributed by atoms with Crippen LogP contribution in [0.25, 0.3) is 0 Å². The number of carbonyl (C=O) groups excluding carboxylic acids is 2. The minimum Gasteiger partial charge on any atom is -0.469 e. The standard InChI is InChI=1S/C12H16N2O4/c1-17-12(16)8-4-6-14(7-5-8)11(15)9-2-3-10(13)18-9/h2-3,8H,4-7,13H2,1H3. The molecule has 6 nitrogen and oxygen atoms in total. The maximum atomic E-state index is 12.0. The summed E-state index contributed by atoms with van der Waals surface area (Å²) in [7, 11) is 1.38. The highest BCUT2D eigenvalue weighted by molar-refractivity contribution is 5.92. The molecule has 1 aromatic heterocycles. The minimum atomic E-state index is -0.204. The van der Waals surface area contributed by atoms with Gasteiger partial charge in [0.15, 0.2) is 11.6 Å². The van der Waals surface area contributed by atoms with Gasteiger partial charge in [-0.2, -0.15) is 0 Å². The van der Waals surface area contributed by atoms with Gasteiger partial charge in [0, 0.05) is 19.2 Å². The molecule has 1 aromatic rings. The maximum Gasteiger partial charge on any atom is 0.308 e. The number of furan rings is 1. The van der Waals surface area contributed by atoms with E-state index in [1.807, 2.05) is 0 Å². The molecule has 0 unspecified atom stereocenters. The first-order valence-electron chi connectivity index (χ1n) is 5.84. The minimum absolute atomic E-state index is 0.110. The van der Waals surface area contributed by atoms with Crippen molar-refractivity contribution in [2.75, 3.05) is 25.9 Å². The lowest BCUT2D eigenvalue weighted by Gasteiger charge is -2.29. The van der Waals surface area contributed by atoms with Crippen molar-refractivity contribution >= 4 is 17.8 Å². The second kappa shape index (κ2) is 5.12. The molecule has 1 aliphatic heterocycles. The lowest BCUT2D eigenvalue weighted by Crippen LogP contribution is -2.40. The topological polar surface area (TPSA) is 85.8 Å². The van der Waals surface area contributed by atoms with Crippen LogP contribution < -0.4 is 5.73 Å². The molecule has 18 heavy (non-hydrogen) atoms. The van der Waals surface area contributed by atoms with Crippen LogP contribution in [0, 0.1) is 5.92 Å². The average Bonchev–Trinajstić information content (AvgIpc) is 2.84. The van der Waals surface area contributed by atoms with E-state index in [1.54, 1.807) is 17.0 Å². The summed E-state index contributed by atoms with van der Waals surface area (Å²) in [5.41, 5.74) is 5.43. The number of piperidine rings is 1. The van der Waals surface area contributed by atoms with Crippen LogP contribution in [0.4, 0.5) is 5.88 Å². The molecule has 1 aliphatic rings. The first kappa shape index (κ1) is 12.5. The summed E-state index contributed by atoms with van der Waals surface area (Å²) >= 11 is 0. The van der Waals surface area contributed by atoms with Gasteiger partial charge in [-0.15, -0.1) is 0 Å². The first-order valence-corrected chi connectivity index (χ1v) is 5.84. The van der Waals surface area contributed by atoms with E-state index in [-0.39, 0.29) is 29.4 Å². The summed E-state index contributed by atoms with van der Waals surface area (Å²) in [6.45, 7) is 1.05. The van der Waals surface area contributed by atoms with Crippen LogP contribution in [0.5, 0.6) is 0 Å². The van der Waals surface area contributed by atoms with Gasteiger partial charge in [-0.25, -0.2) is 0 Å². The number of hydrogen-bond donors (Lipinski definition) is 1. The number of carbonyl (C=O) groups is 2. The van der Waals surface area contributed by atoms with Gasteiger partial charge in [0.1, 0.15) is 0 Å². The van der Waals surface area contributed by atoms with Crippen molar-refractivity contribution in [1.29, 1.82) is 0 Å². The van der Waals surface area contributed by atoms with E-state index in [0.717, 1.165) is 0 Å². The number of nitrogens with two attached hydrogens (primary N) is 1. The van der Waals surface area contributed by atoms with Gasteiger partial charge in [0.25, 0.3) is 5.91 Å². The quantitative estimate of drug-likeness (QED) is 0.790. The van der Waals surface area contributed by atoms with Gasteiger partial charge in [-0.3, -0.25) is 9.59 Å². The Morgan fingerprint density at radius 2 is 2.06 bits per heavy atom. The van der Waals surface area contributed by atoms with Gasteiger partial charge in [0.2, 0.25) is 0 Å². The SMILES string of the molecule is COC(=O)C1CCN(C(=O)c2ccc(N)o2)CC1. The number of nitrogens with zero attached hydrogens (tertiary/aromatic N) is 1. The van der Waals surface area contributed by atoms with Crippen molar-refractivity contribution in [3.8, 4) is 0 Å². The second-order valence-corrected chi connectivity index (χ2v) is 4.29. The Hall–Kier alpha value is -1.98. The fourth-order valence-electron chi connectivity index (χ4n) is 2.11. The normalized spacial score (nSPS) is 16.6. The predicted octanol–water partition coefficient (Wildman–Crippen LogP) is 0.887. The molecule has 6 heteroatoms. The van der Waals surface area contributed by atoms with Gasteiger partial charge < -0.3 is 19.8 Å². The molecule has 0 aromatic carbocycles. The number of esters is 1. The molecule has 0 bridgehead atoms. The van der Waals surface area contributed by atoms with E-state index < -0.39 is 0 Å². The number of hydrogen-bond acceptors (Lipinski definition) is 5. The zero-order valence-electron chi connectivity index (χ0n) is 10.2. The molecular formula is C12H16N2O4. The highest BCUT2D eigenvalue weighted by atomic mass is 16.5. The van der Waals surface area contributed by atoms with Crippen molar-refractivity contribution in [3.05, 3.63) is 17.9 Å². The van der Waals surface area contributed by atoms with Crippen molar-refractivity contribution < 1.29 is 18.7 Å². The van der Waals surface area contributed by atoms with Crippen LogP contribution in [0.2, 0.25) is 0 Å². The molecule has 2 N–H and O–H groups in total. The first-order chi connectivity index (χ1) is 8.61. The third-order valence-corrected chi connectivity index (χ3v) is 3.15. The largest absolute Gasteiger partial charge is 0.469 e. The molecule has 0 radical (unpaired) electrons. The fourth-order valence-corrected chi connectivity index (χ4v) is 2.11. The Morgan fingerprint density at radius 1 is 1.39 bits per heavy atom. The molecule has 0 aliphatic carbocycles. The zero-order valence-corrected chi connectivity index (χ0v) is 10.2. The summed E-state index contributed by atoms with van der Waals surface area (Å²) in [5, 5.41) is 0. The van der Waals surface area contributed by atoms with E-state index in [9.17, 15) is 9.59 Å². The Bertz CT molecular complexity index is 447. The maximum absolute atomic E-state index is 12.0. The van der Waals surface area contributed by atoms with Gasteiger partial charge in [-0.1, -0.05) is 0 Å². The summed E-state index contributed by atoms with van der Waals surface area (Å²) in [5.74, 6) is -0.0353. The lowest BCUT2D eigenvalue weighted by atomic mass is 9.97. The number of methoxy groups -OCH3 is 1. The summed E-state index contributed by atoms with van der Waals surface area (Å²) in [4.78, 5) is 25.0. The summed E-state index contributed by atoms with van der Waals surface area (Å²) in [6, 6.07) is 3.11. The van der Waals surface area contributed by atoms with E-state index in [1.165, 1.54) is 7.11 Å². The molecule has 0 atom stereocenters. The molecule has 1 fully saturated rings. The van der Waals surface area contributed by atoms with Crippen molar-refractivity contribution in [2.45, 2.75) is 12.8 Å². The number of rotatable bonds is 2. The average molecular weight is 252 g/mol. The fraction of sp³-hybridized carbons (Fsp3) is 0.500. The number of ether oxygens (including phenoxy) is 1. The number of likely N-dealkylation sites (tertiary alicyclic amines) is 1. The third kappa shape index (κ3) is 2.47. The Balaban J connectivity index is 1.94. The molecule has 98 valence electrons. The van der Waals surface area contributed by atoms with Crippen molar-refractivity contribution in [3.63, 3.8) is 0 Å². The van der Waals surface area contributed by atoms with Crippen LogP contribution in [-0.2, 0) is 9.53 Å². The van der Waals surface area contributed by atoms with Crippen LogP contribution >= 0.6 is 0 Å². The highest BCUT2D eigenvalue weighted by Gasteiger charge is 2.29. The molecule has 1 saturated heterocycles. The van der Waals surface area contributed by atoms with E-state index in [0.29, 0.717) is 25.9 Å². The lowest BCUT2D eigenvalue weighted by molar-refractivity contribution is -0.146. The van der Waals surface area contributed by atoms with E-state index in [2.05, 4.69) is 0 Å². The van der Waals surface area contributed by atoms with Crippen molar-refractivity contribution in [1.82, 2.24) is 4.90 Å². The molecule has 2 heterocycles. The Kier molecular flexibility index (Phi) is 3.55. The molecular weight excluding hydrogens is 236 g/mol. The third-order valence-electron chi connectivity index (χ3n) is 3.15. The Labute approximate surface area is 105 Å². The number of nitrogen functional groups attached to an aromatic ring is 1. The smallest absolute Gasteiger partial charge is 0.308 e. The molecule has 2 rings (SSSR count). The molecule has 1 amide bonds. The summed E-state index contributed by atoms with van der Waals surface area (Å²) < 4.78 is 9.78. The van der Waals surface area contributed by atoms with Crippen LogP contribution in [0.3, 0.4) is 0 Å². The monoisotopic (exact) mass is 252 g/mol. The number of amides is 1. The predicted molar refractivity (Wildman–Crippen MR) is 63.8 cm³/mol. The van der Waals surface area contributed by atoms with Crippen LogP contribution in [0.15, 0.2) is 16.5 Å². The molecule has 0 saturated carbocycles. The highest BCUT2D eigenvalue weighted by Crippen LogP contribution is 2.21. The molecule has 0 spiro atoms.